The topological polar surface area (TPSA) is 44.5 Å². The molecular formula is C30H26N4. The van der Waals surface area contributed by atoms with Crippen LogP contribution in [0.3, 0.4) is 0 Å². The number of para-hydroxylation sites is 3. The maximum Gasteiger partial charge on any atom is 0.0576 e. The van der Waals surface area contributed by atoms with Gasteiger partial charge in [0, 0.05) is 28.4 Å². The highest BCUT2D eigenvalue weighted by Gasteiger charge is 2.13. The van der Waals surface area contributed by atoms with Gasteiger partial charge in [-0.3, -0.25) is 5.01 Å². The number of benzene rings is 5. The summed E-state index contributed by atoms with van der Waals surface area (Å²) in [6.07, 6.45) is 0. The van der Waals surface area contributed by atoms with E-state index in [1.54, 1.807) is 5.01 Å². The van der Waals surface area contributed by atoms with Gasteiger partial charge in [-0.1, -0.05) is 54.6 Å². The smallest absolute Gasteiger partial charge is 0.0576 e. The van der Waals surface area contributed by atoms with Crippen molar-refractivity contribution < 1.29 is 0 Å². The molecule has 0 heterocycles. The van der Waals surface area contributed by atoms with E-state index in [9.17, 15) is 0 Å². The fourth-order valence-electron chi connectivity index (χ4n) is 3.91. The highest BCUT2D eigenvalue weighted by atomic mass is 15.4. The molecule has 0 aromatic heterocycles. The minimum absolute atomic E-state index is 0.922. The van der Waals surface area contributed by atoms with E-state index in [4.69, 9.17) is 5.84 Å². The second-order valence-corrected chi connectivity index (χ2v) is 7.93. The Labute approximate surface area is 200 Å². The molecule has 0 bridgehead atoms. The lowest BCUT2D eigenvalue weighted by Gasteiger charge is -2.26. The Hall–Kier alpha value is -4.54. The van der Waals surface area contributed by atoms with Crippen molar-refractivity contribution in [2.75, 3.05) is 15.2 Å². The summed E-state index contributed by atoms with van der Waals surface area (Å²) in [4.78, 5) is 2.24. The molecule has 0 unspecified atom stereocenters. The fraction of sp³-hybridized carbons (Fsp3) is 0. The Morgan fingerprint density at radius 3 is 1.29 bits per heavy atom. The molecule has 0 radical (unpaired) electrons. The average molecular weight is 443 g/mol. The van der Waals surface area contributed by atoms with Gasteiger partial charge >= 0.3 is 0 Å². The zero-order valence-corrected chi connectivity index (χ0v) is 18.8. The third kappa shape index (κ3) is 4.77. The lowest BCUT2D eigenvalue weighted by molar-refractivity contribution is 1.09. The van der Waals surface area contributed by atoms with Crippen molar-refractivity contribution in [1.82, 2.24) is 0 Å². The molecule has 0 saturated carbocycles. The summed E-state index contributed by atoms with van der Waals surface area (Å²) in [5.41, 5.74) is 7.19. The van der Waals surface area contributed by atoms with Crippen LogP contribution in [0.4, 0.5) is 39.8 Å². The molecule has 0 saturated heterocycles. The predicted molar refractivity (Wildman–Crippen MR) is 144 cm³/mol. The van der Waals surface area contributed by atoms with Gasteiger partial charge in [-0.15, -0.1) is 0 Å². The highest BCUT2D eigenvalue weighted by molar-refractivity contribution is 5.79. The Balaban J connectivity index is 1.44. The lowest BCUT2D eigenvalue weighted by atomic mass is 10.1. The van der Waals surface area contributed by atoms with Crippen LogP contribution in [-0.4, -0.2) is 0 Å². The normalized spacial score (nSPS) is 10.5. The summed E-state index contributed by atoms with van der Waals surface area (Å²) in [5, 5.41) is 5.14. The molecule has 0 fully saturated rings. The van der Waals surface area contributed by atoms with Gasteiger partial charge in [0.05, 0.1) is 11.4 Å². The molecule has 4 heteroatoms. The number of hydrogen-bond donors (Lipinski definition) is 2. The first-order valence-electron chi connectivity index (χ1n) is 11.3. The Kier molecular flexibility index (Phi) is 6.23. The number of nitrogens with one attached hydrogen (secondary N) is 1. The van der Waals surface area contributed by atoms with Crippen molar-refractivity contribution in [2.45, 2.75) is 0 Å². The molecular weight excluding hydrogens is 416 g/mol. The monoisotopic (exact) mass is 442 g/mol. The van der Waals surface area contributed by atoms with Crippen molar-refractivity contribution >= 4 is 39.8 Å². The molecule has 0 atom stereocenters. The van der Waals surface area contributed by atoms with Crippen molar-refractivity contribution in [3.63, 3.8) is 0 Å². The summed E-state index contributed by atoms with van der Waals surface area (Å²) in [7, 11) is 0. The summed E-state index contributed by atoms with van der Waals surface area (Å²) in [5.74, 6) is 6.36. The van der Waals surface area contributed by atoms with Gasteiger partial charge in [-0.25, -0.2) is 5.84 Å². The number of hydrogen-bond acceptors (Lipinski definition) is 4. The second-order valence-electron chi connectivity index (χ2n) is 7.93. The minimum atomic E-state index is 0.922. The van der Waals surface area contributed by atoms with E-state index < -0.39 is 0 Å². The third-order valence-electron chi connectivity index (χ3n) is 5.62. The van der Waals surface area contributed by atoms with Crippen molar-refractivity contribution in [1.29, 1.82) is 0 Å². The van der Waals surface area contributed by atoms with Crippen LogP contribution < -0.4 is 21.1 Å². The predicted octanol–water partition coefficient (Wildman–Crippen LogP) is 7.91. The van der Waals surface area contributed by atoms with Crippen molar-refractivity contribution in [2.24, 2.45) is 5.84 Å². The van der Waals surface area contributed by atoms with Crippen LogP contribution in [-0.2, 0) is 0 Å². The van der Waals surface area contributed by atoms with E-state index in [0.29, 0.717) is 0 Å². The molecule has 166 valence electrons. The minimum Gasteiger partial charge on any atom is -0.356 e. The Bertz CT molecular complexity index is 1300. The van der Waals surface area contributed by atoms with Crippen molar-refractivity contribution in [3.05, 3.63) is 140 Å². The number of nitrogens with two attached hydrogens (primary N) is 1. The third-order valence-corrected chi connectivity index (χ3v) is 5.62. The SMILES string of the molecule is NN(c1ccccc1)c1ccc(N(c2ccccc2)c2ccc(Nc3ccccc3)cc2)cc1. The van der Waals surface area contributed by atoms with Crippen LogP contribution >= 0.6 is 0 Å². The first-order chi connectivity index (χ1) is 16.8. The first-order valence-corrected chi connectivity index (χ1v) is 11.3. The number of nitrogens with zero attached hydrogens (tertiary/aromatic N) is 2. The summed E-state index contributed by atoms with van der Waals surface area (Å²) in [6.45, 7) is 0. The van der Waals surface area contributed by atoms with Gasteiger partial charge in [0.15, 0.2) is 0 Å². The Morgan fingerprint density at radius 2 is 0.735 bits per heavy atom. The maximum atomic E-state index is 6.36. The van der Waals surface area contributed by atoms with E-state index in [-0.39, 0.29) is 0 Å². The summed E-state index contributed by atoms with van der Waals surface area (Å²) in [6, 6.07) is 47.2. The molecule has 0 aliphatic rings. The molecule has 0 spiro atoms. The maximum absolute atomic E-state index is 6.36. The number of rotatable bonds is 7. The van der Waals surface area contributed by atoms with E-state index in [0.717, 1.165) is 39.8 Å². The van der Waals surface area contributed by atoms with E-state index >= 15 is 0 Å². The van der Waals surface area contributed by atoms with Crippen LogP contribution in [0.25, 0.3) is 0 Å². The van der Waals surface area contributed by atoms with Crippen molar-refractivity contribution in [3.8, 4) is 0 Å². The molecule has 0 amide bonds. The zero-order valence-electron chi connectivity index (χ0n) is 18.8. The molecule has 5 aromatic carbocycles. The van der Waals surface area contributed by atoms with Crippen LogP contribution in [0.1, 0.15) is 0 Å². The first kappa shape index (κ1) is 21.3. The molecule has 5 aromatic rings. The summed E-state index contributed by atoms with van der Waals surface area (Å²) >= 11 is 0. The molecule has 0 aliphatic heterocycles. The van der Waals surface area contributed by atoms with Gasteiger partial charge in [-0.05, 0) is 84.9 Å². The highest BCUT2D eigenvalue weighted by Crippen LogP contribution is 2.36. The van der Waals surface area contributed by atoms with Gasteiger partial charge in [-0.2, -0.15) is 0 Å². The van der Waals surface area contributed by atoms with Gasteiger partial charge in [0.25, 0.3) is 0 Å². The standard InChI is InChI=1S/C30H26N4/c31-34(29-14-8-3-9-15-29)30-22-20-28(21-23-30)33(26-12-6-2-7-13-26)27-18-16-25(17-19-27)32-24-10-4-1-5-11-24/h1-23,32H,31H2. The van der Waals surface area contributed by atoms with Crippen LogP contribution in [0, 0.1) is 0 Å². The molecule has 0 aliphatic carbocycles. The summed E-state index contributed by atoms with van der Waals surface area (Å²) < 4.78 is 0. The van der Waals surface area contributed by atoms with Gasteiger partial charge in [0.1, 0.15) is 0 Å². The quantitative estimate of drug-likeness (QED) is 0.198. The van der Waals surface area contributed by atoms with Crippen LogP contribution in [0.5, 0.6) is 0 Å². The molecule has 34 heavy (non-hydrogen) atoms. The van der Waals surface area contributed by atoms with E-state index in [1.165, 1.54) is 0 Å². The van der Waals surface area contributed by atoms with Crippen LogP contribution in [0.15, 0.2) is 140 Å². The molecule has 3 N–H and O–H groups in total. The van der Waals surface area contributed by atoms with Crippen LogP contribution in [0.2, 0.25) is 0 Å². The zero-order chi connectivity index (χ0) is 23.2. The molecule has 4 nitrogen and oxygen atoms in total. The average Bonchev–Trinajstić information content (AvgIpc) is 2.92. The Morgan fingerprint density at radius 1 is 0.382 bits per heavy atom. The molecule has 5 rings (SSSR count). The largest absolute Gasteiger partial charge is 0.356 e. The number of anilines is 7. The number of hydrazine groups is 1. The second kappa shape index (κ2) is 9.94. The lowest BCUT2D eigenvalue weighted by Crippen LogP contribution is -2.24. The van der Waals surface area contributed by atoms with E-state index in [2.05, 4.69) is 83.0 Å². The van der Waals surface area contributed by atoms with E-state index in [1.807, 2.05) is 66.7 Å². The van der Waals surface area contributed by atoms with Gasteiger partial charge < -0.3 is 10.2 Å². The van der Waals surface area contributed by atoms with Gasteiger partial charge in [0.2, 0.25) is 0 Å². The fourth-order valence-corrected chi connectivity index (χ4v) is 3.91.